The van der Waals surface area contributed by atoms with Crippen molar-refractivity contribution in [1.82, 2.24) is 0 Å². The predicted molar refractivity (Wildman–Crippen MR) is 102 cm³/mol. The highest BCUT2D eigenvalue weighted by molar-refractivity contribution is 5.19. The molecule has 25 heavy (non-hydrogen) atoms. The highest BCUT2D eigenvalue weighted by Gasteiger charge is 2.36. The molecule has 4 rings (SSSR count). The topological polar surface area (TPSA) is 13.3 Å². The van der Waals surface area contributed by atoms with Gasteiger partial charge >= 0.3 is 0 Å². The van der Waals surface area contributed by atoms with E-state index in [0.29, 0.717) is 0 Å². The fourth-order valence-electron chi connectivity index (χ4n) is 5.77. The lowest BCUT2D eigenvalue weighted by molar-refractivity contribution is -1.03. The minimum atomic E-state index is 0.826. The van der Waals surface area contributed by atoms with E-state index in [9.17, 15) is 0 Å². The quantitative estimate of drug-likeness (QED) is 0.634. The van der Waals surface area contributed by atoms with Gasteiger partial charge in [0.25, 0.3) is 0 Å². The van der Waals surface area contributed by atoms with Crippen molar-refractivity contribution in [1.29, 1.82) is 0 Å². The van der Waals surface area contributed by atoms with E-state index in [4.69, 9.17) is 0 Å². The van der Waals surface area contributed by atoms with Gasteiger partial charge in [-0.05, 0) is 37.2 Å². The Morgan fingerprint density at radius 2 is 1.20 bits per heavy atom. The van der Waals surface area contributed by atoms with Gasteiger partial charge in [-0.25, -0.2) is 0 Å². The Labute approximate surface area is 154 Å². The fraction of sp³-hybridized carbons (Fsp3) is 0.727. The van der Waals surface area contributed by atoms with Crippen molar-refractivity contribution in [2.75, 3.05) is 46.3 Å². The Bertz CT molecular complexity index is 507. The third kappa shape index (κ3) is 4.27. The molecule has 0 radical (unpaired) electrons. The standard InChI is InChI=1S/C22H35N3/c1-23-15-17-25(18-16-23)22-11-13-24(14-12-22)21-9-7-20(8-10-21)19-5-3-2-4-6-19/h2-6,20-22H,7-18H2,1H3/p+3. The molecule has 0 aromatic heterocycles. The summed E-state index contributed by atoms with van der Waals surface area (Å²) in [5, 5.41) is 0. The van der Waals surface area contributed by atoms with Crippen molar-refractivity contribution < 1.29 is 14.7 Å². The van der Waals surface area contributed by atoms with Gasteiger partial charge in [0.1, 0.15) is 26.2 Å². The normalized spacial score (nSPS) is 39.9. The number of benzene rings is 1. The van der Waals surface area contributed by atoms with Crippen LogP contribution in [-0.2, 0) is 0 Å². The maximum atomic E-state index is 2.36. The van der Waals surface area contributed by atoms with E-state index in [1.165, 1.54) is 77.8 Å². The Balaban J connectivity index is 1.22. The highest BCUT2D eigenvalue weighted by atomic mass is 15.3. The summed E-state index contributed by atoms with van der Waals surface area (Å²) in [5.41, 5.74) is 1.58. The molecule has 0 unspecified atom stereocenters. The molecule has 2 heterocycles. The Hall–Kier alpha value is -0.900. The van der Waals surface area contributed by atoms with Gasteiger partial charge in [-0.2, -0.15) is 0 Å². The summed E-state index contributed by atoms with van der Waals surface area (Å²) in [6.45, 7) is 8.47. The first-order valence-electron chi connectivity index (χ1n) is 10.8. The van der Waals surface area contributed by atoms with Crippen molar-refractivity contribution in [2.45, 2.75) is 56.5 Å². The number of piperidine rings is 1. The first-order chi connectivity index (χ1) is 12.3. The van der Waals surface area contributed by atoms with E-state index in [1.54, 1.807) is 10.5 Å². The van der Waals surface area contributed by atoms with Gasteiger partial charge in [0.15, 0.2) is 0 Å². The lowest BCUT2D eigenvalue weighted by Crippen LogP contribution is -3.30. The minimum absolute atomic E-state index is 0.826. The van der Waals surface area contributed by atoms with E-state index in [1.807, 2.05) is 9.80 Å². The minimum Gasteiger partial charge on any atom is -0.332 e. The van der Waals surface area contributed by atoms with Gasteiger partial charge < -0.3 is 14.7 Å². The molecule has 1 aliphatic carbocycles. The molecule has 0 spiro atoms. The second kappa shape index (κ2) is 8.20. The van der Waals surface area contributed by atoms with Crippen molar-refractivity contribution >= 4 is 0 Å². The molecule has 1 saturated carbocycles. The van der Waals surface area contributed by atoms with Crippen LogP contribution in [0.15, 0.2) is 30.3 Å². The first kappa shape index (κ1) is 17.5. The number of piperazine rings is 1. The molecule has 2 aliphatic heterocycles. The van der Waals surface area contributed by atoms with Crippen LogP contribution in [0.1, 0.15) is 50.0 Å². The molecular formula is C22H38N3+3. The fourth-order valence-corrected chi connectivity index (χ4v) is 5.77. The third-order valence-electron chi connectivity index (χ3n) is 7.53. The molecular weight excluding hydrogens is 306 g/mol. The van der Waals surface area contributed by atoms with Crippen LogP contribution >= 0.6 is 0 Å². The highest BCUT2D eigenvalue weighted by Crippen LogP contribution is 2.32. The lowest BCUT2D eigenvalue weighted by atomic mass is 9.81. The predicted octanol–water partition coefficient (Wildman–Crippen LogP) is -0.827. The van der Waals surface area contributed by atoms with Crippen molar-refractivity contribution in [3.8, 4) is 0 Å². The summed E-state index contributed by atoms with van der Waals surface area (Å²) >= 11 is 0. The molecule has 0 bridgehead atoms. The van der Waals surface area contributed by atoms with Gasteiger partial charge in [-0.3, -0.25) is 0 Å². The molecule has 138 valence electrons. The zero-order valence-electron chi connectivity index (χ0n) is 16.1. The summed E-state index contributed by atoms with van der Waals surface area (Å²) in [6.07, 6.45) is 8.67. The van der Waals surface area contributed by atoms with E-state index < -0.39 is 0 Å². The van der Waals surface area contributed by atoms with Crippen molar-refractivity contribution in [3.63, 3.8) is 0 Å². The number of likely N-dealkylation sites (tertiary alicyclic amines) is 1. The molecule has 1 aromatic rings. The zero-order valence-corrected chi connectivity index (χ0v) is 16.1. The van der Waals surface area contributed by atoms with Crippen LogP contribution in [-0.4, -0.2) is 58.4 Å². The Morgan fingerprint density at radius 1 is 0.640 bits per heavy atom. The average Bonchev–Trinajstić information content (AvgIpc) is 2.70. The molecule has 3 fully saturated rings. The molecule has 1 aromatic carbocycles. The second-order valence-electron chi connectivity index (χ2n) is 9.01. The van der Waals surface area contributed by atoms with Crippen LogP contribution in [0.5, 0.6) is 0 Å². The molecule has 3 N–H and O–H groups in total. The summed E-state index contributed by atoms with van der Waals surface area (Å²) in [5.74, 6) is 0.826. The van der Waals surface area contributed by atoms with Gasteiger partial charge in [0.2, 0.25) is 0 Å². The SMILES string of the molecule is C[NH+]1CC[NH+](C2CC[NH+](C3CCC(c4ccccc4)CC3)CC2)CC1. The summed E-state index contributed by atoms with van der Waals surface area (Å²) in [7, 11) is 2.36. The summed E-state index contributed by atoms with van der Waals surface area (Å²) in [4.78, 5) is 5.61. The van der Waals surface area contributed by atoms with Gasteiger partial charge in [0, 0.05) is 12.8 Å². The number of nitrogens with one attached hydrogen (secondary N) is 3. The van der Waals surface area contributed by atoms with Crippen LogP contribution in [0.2, 0.25) is 0 Å². The van der Waals surface area contributed by atoms with Gasteiger partial charge in [-0.1, -0.05) is 30.3 Å². The number of hydrogen-bond donors (Lipinski definition) is 3. The molecule has 0 amide bonds. The largest absolute Gasteiger partial charge is 0.332 e. The molecule has 0 atom stereocenters. The van der Waals surface area contributed by atoms with E-state index in [-0.39, 0.29) is 0 Å². The Morgan fingerprint density at radius 3 is 1.84 bits per heavy atom. The number of rotatable bonds is 3. The van der Waals surface area contributed by atoms with Gasteiger partial charge in [-0.15, -0.1) is 0 Å². The second-order valence-corrected chi connectivity index (χ2v) is 9.01. The van der Waals surface area contributed by atoms with E-state index in [2.05, 4.69) is 37.4 Å². The number of likely N-dealkylation sites (N-methyl/N-ethyl adjacent to an activating group) is 1. The molecule has 3 heteroatoms. The van der Waals surface area contributed by atoms with Crippen molar-refractivity contribution in [3.05, 3.63) is 35.9 Å². The number of quaternary nitrogens is 3. The molecule has 2 saturated heterocycles. The number of hydrogen-bond acceptors (Lipinski definition) is 0. The summed E-state index contributed by atoms with van der Waals surface area (Å²) < 4.78 is 0. The third-order valence-corrected chi connectivity index (χ3v) is 7.53. The monoisotopic (exact) mass is 344 g/mol. The van der Waals surface area contributed by atoms with Crippen LogP contribution in [0.25, 0.3) is 0 Å². The summed E-state index contributed by atoms with van der Waals surface area (Å²) in [6, 6.07) is 13.2. The zero-order chi connectivity index (χ0) is 17.1. The van der Waals surface area contributed by atoms with Gasteiger partial charge in [0.05, 0.1) is 32.2 Å². The smallest absolute Gasteiger partial charge is 0.127 e. The van der Waals surface area contributed by atoms with Crippen LogP contribution in [0.3, 0.4) is 0 Å². The first-order valence-corrected chi connectivity index (χ1v) is 10.8. The maximum Gasteiger partial charge on any atom is 0.127 e. The molecule has 3 nitrogen and oxygen atoms in total. The van der Waals surface area contributed by atoms with Crippen LogP contribution in [0.4, 0.5) is 0 Å². The van der Waals surface area contributed by atoms with Crippen LogP contribution in [0, 0.1) is 0 Å². The molecule has 3 aliphatic rings. The van der Waals surface area contributed by atoms with E-state index >= 15 is 0 Å². The average molecular weight is 345 g/mol. The lowest BCUT2D eigenvalue weighted by Gasteiger charge is -2.40. The van der Waals surface area contributed by atoms with E-state index in [0.717, 1.165) is 18.0 Å². The van der Waals surface area contributed by atoms with Crippen LogP contribution < -0.4 is 14.7 Å². The maximum absolute atomic E-state index is 2.36. The Kier molecular flexibility index (Phi) is 5.74. The van der Waals surface area contributed by atoms with Crippen molar-refractivity contribution in [2.24, 2.45) is 0 Å².